The maximum absolute atomic E-state index is 12.9. The van der Waals surface area contributed by atoms with Crippen LogP contribution in [0.15, 0.2) is 51.9 Å². The van der Waals surface area contributed by atoms with Gasteiger partial charge in [0.1, 0.15) is 0 Å². The highest BCUT2D eigenvalue weighted by atomic mass is 16.3. The highest BCUT2D eigenvalue weighted by Gasteiger charge is 2.27. The van der Waals surface area contributed by atoms with Gasteiger partial charge in [-0.15, -0.1) is 0 Å². The van der Waals surface area contributed by atoms with E-state index in [1.54, 1.807) is 36.4 Å². The predicted molar refractivity (Wildman–Crippen MR) is 116 cm³/mol. The quantitative estimate of drug-likeness (QED) is 0.569. The number of nitrogens with zero attached hydrogens (tertiary/aromatic N) is 2. The molecule has 2 amide bonds. The molecule has 162 valence electrons. The molecular weight excluding hydrogens is 396 g/mol. The maximum atomic E-state index is 12.9. The molecule has 2 heterocycles. The number of aromatic amines is 1. The summed E-state index contributed by atoms with van der Waals surface area (Å²) >= 11 is 0. The molecule has 3 aromatic rings. The van der Waals surface area contributed by atoms with E-state index in [1.165, 1.54) is 12.7 Å². The molecule has 1 aliphatic carbocycles. The Balaban J connectivity index is 1.37. The molecule has 0 aliphatic heterocycles. The van der Waals surface area contributed by atoms with Gasteiger partial charge in [0.2, 0.25) is 0 Å². The average Bonchev–Trinajstić information content (AvgIpc) is 3.34. The number of aromatic nitrogens is 2. The molecule has 0 atom stereocenters. The number of benzene rings is 1. The zero-order valence-corrected chi connectivity index (χ0v) is 17.3. The van der Waals surface area contributed by atoms with Crippen molar-refractivity contribution in [3.63, 3.8) is 0 Å². The van der Waals surface area contributed by atoms with E-state index in [0.29, 0.717) is 36.2 Å². The standard InChI is InChI=1S/C23H26N4O4/c28-21-17-10-4-5-11-18(17)25-20(26-21)22(29)24-13-7-14-27(16-8-2-1-3-9-16)23(30)19-12-6-15-31-19/h4-6,10-12,15-16H,1-3,7-9,13-14H2,(H,24,29)(H,25,26,28). The van der Waals surface area contributed by atoms with Crippen molar-refractivity contribution in [3.05, 3.63) is 64.6 Å². The fourth-order valence-corrected chi connectivity index (χ4v) is 4.11. The van der Waals surface area contributed by atoms with Crippen molar-refractivity contribution < 1.29 is 14.0 Å². The van der Waals surface area contributed by atoms with Crippen LogP contribution in [-0.2, 0) is 0 Å². The highest BCUT2D eigenvalue weighted by Crippen LogP contribution is 2.24. The largest absolute Gasteiger partial charge is 0.459 e. The van der Waals surface area contributed by atoms with Gasteiger partial charge >= 0.3 is 0 Å². The van der Waals surface area contributed by atoms with Crippen LogP contribution in [0, 0.1) is 0 Å². The van der Waals surface area contributed by atoms with Crippen LogP contribution in [0.1, 0.15) is 59.7 Å². The molecular formula is C23H26N4O4. The van der Waals surface area contributed by atoms with Crippen LogP contribution >= 0.6 is 0 Å². The summed E-state index contributed by atoms with van der Waals surface area (Å²) in [5.74, 6) is -0.222. The molecule has 8 heteroatoms. The van der Waals surface area contributed by atoms with Crippen molar-refractivity contribution in [1.82, 2.24) is 20.2 Å². The lowest BCUT2D eigenvalue weighted by atomic mass is 9.94. The van der Waals surface area contributed by atoms with Crippen molar-refractivity contribution in [1.29, 1.82) is 0 Å². The Morgan fingerprint density at radius 1 is 1.13 bits per heavy atom. The molecule has 31 heavy (non-hydrogen) atoms. The fraction of sp³-hybridized carbons (Fsp3) is 0.391. The van der Waals surface area contributed by atoms with Gasteiger partial charge in [0.15, 0.2) is 11.6 Å². The predicted octanol–water partition coefficient (Wildman–Crippen LogP) is 3.11. The number of nitrogens with one attached hydrogen (secondary N) is 2. The van der Waals surface area contributed by atoms with Gasteiger partial charge in [-0.1, -0.05) is 31.4 Å². The minimum absolute atomic E-state index is 0.0144. The van der Waals surface area contributed by atoms with Crippen molar-refractivity contribution >= 4 is 22.7 Å². The summed E-state index contributed by atoms with van der Waals surface area (Å²) in [4.78, 5) is 46.2. The zero-order chi connectivity index (χ0) is 21.6. The number of fused-ring (bicyclic) bond motifs is 1. The molecule has 2 N–H and O–H groups in total. The average molecular weight is 422 g/mol. The minimum Gasteiger partial charge on any atom is -0.459 e. The Morgan fingerprint density at radius 3 is 2.71 bits per heavy atom. The molecule has 8 nitrogen and oxygen atoms in total. The number of hydrogen-bond donors (Lipinski definition) is 2. The molecule has 0 saturated heterocycles. The Bertz CT molecular complexity index is 1100. The number of H-pyrrole nitrogens is 1. The number of para-hydroxylation sites is 1. The summed E-state index contributed by atoms with van der Waals surface area (Å²) in [6, 6.07) is 10.5. The van der Waals surface area contributed by atoms with Crippen LogP contribution in [-0.4, -0.2) is 45.8 Å². The molecule has 0 radical (unpaired) electrons. The van der Waals surface area contributed by atoms with Crippen LogP contribution in [0.5, 0.6) is 0 Å². The van der Waals surface area contributed by atoms with Crippen LogP contribution < -0.4 is 10.9 Å². The first-order valence-electron chi connectivity index (χ1n) is 10.8. The minimum atomic E-state index is -0.440. The number of rotatable bonds is 7. The van der Waals surface area contributed by atoms with Crippen molar-refractivity contribution in [2.45, 2.75) is 44.6 Å². The first-order valence-corrected chi connectivity index (χ1v) is 10.8. The van der Waals surface area contributed by atoms with E-state index >= 15 is 0 Å². The molecule has 1 aromatic carbocycles. The normalized spacial score (nSPS) is 14.5. The molecule has 1 saturated carbocycles. The third-order valence-corrected chi connectivity index (χ3v) is 5.70. The Morgan fingerprint density at radius 2 is 1.94 bits per heavy atom. The SMILES string of the molecule is O=C(NCCCN(C(=O)c1ccco1)C1CCCCC1)c1nc2ccccc2c(=O)[nH]1. The summed E-state index contributed by atoms with van der Waals surface area (Å²) in [5, 5.41) is 3.23. The van der Waals surface area contributed by atoms with Gasteiger partial charge in [-0.2, -0.15) is 0 Å². The maximum Gasteiger partial charge on any atom is 0.289 e. The first-order chi connectivity index (χ1) is 15.1. The molecule has 0 unspecified atom stereocenters. The van der Waals surface area contributed by atoms with Crippen LogP contribution in [0.4, 0.5) is 0 Å². The lowest BCUT2D eigenvalue weighted by molar-refractivity contribution is 0.0599. The van der Waals surface area contributed by atoms with E-state index in [4.69, 9.17) is 4.42 Å². The smallest absolute Gasteiger partial charge is 0.289 e. The van der Waals surface area contributed by atoms with Gasteiger partial charge in [0.05, 0.1) is 17.2 Å². The lowest BCUT2D eigenvalue weighted by Crippen LogP contribution is -2.43. The van der Waals surface area contributed by atoms with E-state index in [9.17, 15) is 14.4 Å². The van der Waals surface area contributed by atoms with Crippen molar-refractivity contribution in [2.75, 3.05) is 13.1 Å². The van der Waals surface area contributed by atoms with E-state index in [2.05, 4.69) is 15.3 Å². The van der Waals surface area contributed by atoms with Crippen LogP contribution in [0.2, 0.25) is 0 Å². The van der Waals surface area contributed by atoms with E-state index in [-0.39, 0.29) is 23.3 Å². The van der Waals surface area contributed by atoms with Gasteiger partial charge in [-0.3, -0.25) is 14.4 Å². The van der Waals surface area contributed by atoms with Gasteiger partial charge in [-0.25, -0.2) is 4.98 Å². The van der Waals surface area contributed by atoms with Crippen molar-refractivity contribution in [2.24, 2.45) is 0 Å². The zero-order valence-electron chi connectivity index (χ0n) is 17.3. The molecule has 1 aliphatic rings. The summed E-state index contributed by atoms with van der Waals surface area (Å²) in [7, 11) is 0. The monoisotopic (exact) mass is 422 g/mol. The lowest BCUT2D eigenvalue weighted by Gasteiger charge is -2.34. The van der Waals surface area contributed by atoms with E-state index < -0.39 is 5.91 Å². The Kier molecular flexibility index (Phi) is 6.45. The molecule has 0 spiro atoms. The first kappa shape index (κ1) is 20.8. The van der Waals surface area contributed by atoms with E-state index in [1.807, 2.05) is 4.90 Å². The summed E-state index contributed by atoms with van der Waals surface area (Å²) < 4.78 is 5.31. The Labute approximate surface area is 179 Å². The van der Waals surface area contributed by atoms with Gasteiger partial charge in [0.25, 0.3) is 17.4 Å². The van der Waals surface area contributed by atoms with Gasteiger partial charge in [0, 0.05) is 19.1 Å². The Hall–Kier alpha value is -3.42. The highest BCUT2D eigenvalue weighted by molar-refractivity contribution is 5.93. The molecule has 1 fully saturated rings. The third kappa shape index (κ3) is 4.84. The molecule has 0 bridgehead atoms. The number of amides is 2. The van der Waals surface area contributed by atoms with Gasteiger partial charge < -0.3 is 19.6 Å². The van der Waals surface area contributed by atoms with Gasteiger partial charge in [-0.05, 0) is 43.5 Å². The third-order valence-electron chi connectivity index (χ3n) is 5.70. The summed E-state index contributed by atoms with van der Waals surface area (Å²) in [6.07, 6.45) is 7.50. The topological polar surface area (TPSA) is 108 Å². The van der Waals surface area contributed by atoms with Crippen LogP contribution in [0.3, 0.4) is 0 Å². The number of carbonyl (C=O) groups is 2. The van der Waals surface area contributed by atoms with E-state index in [0.717, 1.165) is 25.7 Å². The number of carbonyl (C=O) groups excluding carboxylic acids is 2. The van der Waals surface area contributed by atoms with Crippen molar-refractivity contribution in [3.8, 4) is 0 Å². The molecule has 4 rings (SSSR count). The van der Waals surface area contributed by atoms with Crippen LogP contribution in [0.25, 0.3) is 10.9 Å². The second kappa shape index (κ2) is 9.59. The molecule has 2 aromatic heterocycles. The summed E-state index contributed by atoms with van der Waals surface area (Å²) in [6.45, 7) is 0.885. The summed E-state index contributed by atoms with van der Waals surface area (Å²) in [5.41, 5.74) is 0.132. The number of hydrogen-bond acceptors (Lipinski definition) is 5. The number of furan rings is 1. The fourth-order valence-electron chi connectivity index (χ4n) is 4.11. The second-order valence-corrected chi connectivity index (χ2v) is 7.81. The second-order valence-electron chi connectivity index (χ2n) is 7.81.